The molecule has 3 nitrogen and oxygen atoms in total. The van der Waals surface area contributed by atoms with E-state index < -0.39 is 0 Å². The predicted octanol–water partition coefficient (Wildman–Crippen LogP) is 1.13. The largest absolute Gasteiger partial charge is 0.354 e. The van der Waals surface area contributed by atoms with Crippen molar-refractivity contribution in [2.75, 3.05) is 6.54 Å². The van der Waals surface area contributed by atoms with Gasteiger partial charge in [-0.3, -0.25) is 4.79 Å². The fourth-order valence-corrected chi connectivity index (χ4v) is 1.37. The van der Waals surface area contributed by atoms with Crippen molar-refractivity contribution in [3.63, 3.8) is 0 Å². The van der Waals surface area contributed by atoms with Gasteiger partial charge in [0.15, 0.2) is 0 Å². The first-order valence-corrected chi connectivity index (χ1v) is 5.55. The van der Waals surface area contributed by atoms with E-state index in [1.807, 2.05) is 6.92 Å². The number of rotatable bonds is 5. The van der Waals surface area contributed by atoms with Crippen molar-refractivity contribution in [3.05, 3.63) is 0 Å². The molecule has 0 radical (unpaired) electrons. The summed E-state index contributed by atoms with van der Waals surface area (Å²) in [7, 11) is 0. The van der Waals surface area contributed by atoms with Crippen LogP contribution in [0.25, 0.3) is 0 Å². The summed E-state index contributed by atoms with van der Waals surface area (Å²) < 4.78 is 0. The van der Waals surface area contributed by atoms with Crippen molar-refractivity contribution in [1.29, 1.82) is 0 Å². The molecule has 82 valence electrons. The number of carbonyl (C=O) groups excluding carboxylic acids is 1. The smallest absolute Gasteiger partial charge is 0.223 e. The first-order valence-electron chi connectivity index (χ1n) is 5.55. The minimum atomic E-state index is 0.0846. The van der Waals surface area contributed by atoms with Crippen molar-refractivity contribution in [2.45, 2.75) is 39.7 Å². The third-order valence-electron chi connectivity index (χ3n) is 3.15. The van der Waals surface area contributed by atoms with Gasteiger partial charge in [0.1, 0.15) is 0 Å². The van der Waals surface area contributed by atoms with E-state index in [9.17, 15) is 4.79 Å². The van der Waals surface area contributed by atoms with E-state index in [1.54, 1.807) is 0 Å². The summed E-state index contributed by atoms with van der Waals surface area (Å²) in [4.78, 5) is 11.6. The summed E-state index contributed by atoms with van der Waals surface area (Å²) in [6.45, 7) is 6.72. The van der Waals surface area contributed by atoms with Crippen LogP contribution in [-0.4, -0.2) is 18.5 Å². The maximum absolute atomic E-state index is 11.6. The number of hydrogen-bond acceptors (Lipinski definition) is 2. The Morgan fingerprint density at radius 3 is 2.43 bits per heavy atom. The molecular formula is C11H22N2O. The van der Waals surface area contributed by atoms with Crippen LogP contribution >= 0.6 is 0 Å². The summed E-state index contributed by atoms with van der Waals surface area (Å²) in [5.74, 6) is 1.27. The molecule has 1 amide bonds. The number of nitrogens with one attached hydrogen (secondary N) is 1. The molecule has 0 saturated heterocycles. The van der Waals surface area contributed by atoms with Crippen LogP contribution in [0.5, 0.6) is 0 Å². The molecule has 0 spiro atoms. The molecule has 2 atom stereocenters. The molecule has 0 heterocycles. The minimum absolute atomic E-state index is 0.0846. The predicted molar refractivity (Wildman–Crippen MR) is 57.7 cm³/mol. The second-order valence-electron chi connectivity index (χ2n) is 4.78. The van der Waals surface area contributed by atoms with Gasteiger partial charge in [-0.2, -0.15) is 0 Å². The maximum Gasteiger partial charge on any atom is 0.223 e. The molecule has 0 bridgehead atoms. The van der Waals surface area contributed by atoms with Gasteiger partial charge in [0.25, 0.3) is 0 Å². The Hall–Kier alpha value is -0.570. The van der Waals surface area contributed by atoms with E-state index >= 15 is 0 Å². The molecular weight excluding hydrogens is 176 g/mol. The highest BCUT2D eigenvalue weighted by Gasteiger charge is 2.28. The normalized spacial score (nSPS) is 20.6. The molecule has 0 aromatic carbocycles. The first kappa shape index (κ1) is 11.5. The van der Waals surface area contributed by atoms with E-state index in [-0.39, 0.29) is 17.9 Å². The van der Waals surface area contributed by atoms with Crippen LogP contribution < -0.4 is 11.1 Å². The SMILES string of the molecule is CC(C)C(C)C(=O)NCC(N)C1CC1. The van der Waals surface area contributed by atoms with E-state index in [0.717, 1.165) is 0 Å². The van der Waals surface area contributed by atoms with Gasteiger partial charge in [-0.25, -0.2) is 0 Å². The van der Waals surface area contributed by atoms with Crippen LogP contribution in [0.15, 0.2) is 0 Å². The maximum atomic E-state index is 11.6. The molecule has 0 aromatic heterocycles. The van der Waals surface area contributed by atoms with E-state index in [0.29, 0.717) is 18.4 Å². The quantitative estimate of drug-likeness (QED) is 0.696. The Kier molecular flexibility index (Phi) is 3.93. The zero-order valence-corrected chi connectivity index (χ0v) is 9.42. The second kappa shape index (κ2) is 4.78. The van der Waals surface area contributed by atoms with Crippen molar-refractivity contribution >= 4 is 5.91 Å². The lowest BCUT2D eigenvalue weighted by Crippen LogP contribution is -2.41. The zero-order chi connectivity index (χ0) is 10.7. The highest BCUT2D eigenvalue weighted by atomic mass is 16.1. The van der Waals surface area contributed by atoms with E-state index in [2.05, 4.69) is 19.2 Å². The summed E-state index contributed by atoms with van der Waals surface area (Å²) in [5, 5.41) is 2.92. The second-order valence-corrected chi connectivity index (χ2v) is 4.78. The highest BCUT2D eigenvalue weighted by Crippen LogP contribution is 2.31. The molecule has 1 aliphatic rings. The van der Waals surface area contributed by atoms with Crippen LogP contribution in [-0.2, 0) is 4.79 Å². The average molecular weight is 198 g/mol. The van der Waals surface area contributed by atoms with E-state index in [1.165, 1.54) is 12.8 Å². The number of hydrogen-bond donors (Lipinski definition) is 2. The topological polar surface area (TPSA) is 55.1 Å². The third-order valence-corrected chi connectivity index (χ3v) is 3.15. The van der Waals surface area contributed by atoms with Gasteiger partial charge in [-0.1, -0.05) is 20.8 Å². The number of amides is 1. The average Bonchev–Trinajstić information content (AvgIpc) is 2.95. The molecule has 1 fully saturated rings. The van der Waals surface area contributed by atoms with Crippen molar-refractivity contribution < 1.29 is 4.79 Å². The van der Waals surface area contributed by atoms with Crippen molar-refractivity contribution in [2.24, 2.45) is 23.5 Å². The standard InChI is InChI=1S/C11H22N2O/c1-7(2)8(3)11(14)13-6-10(12)9-4-5-9/h7-10H,4-6,12H2,1-3H3,(H,13,14). The van der Waals surface area contributed by atoms with Gasteiger partial charge in [-0.15, -0.1) is 0 Å². The van der Waals surface area contributed by atoms with Gasteiger partial charge < -0.3 is 11.1 Å². The molecule has 0 aliphatic heterocycles. The molecule has 1 saturated carbocycles. The van der Waals surface area contributed by atoms with Crippen LogP contribution in [0.3, 0.4) is 0 Å². The Morgan fingerprint density at radius 1 is 1.43 bits per heavy atom. The number of nitrogens with two attached hydrogens (primary N) is 1. The Labute approximate surface area is 86.4 Å². The Morgan fingerprint density at radius 2 is 2.00 bits per heavy atom. The first-order chi connectivity index (χ1) is 6.52. The lowest BCUT2D eigenvalue weighted by Gasteiger charge is -2.17. The number of carbonyl (C=O) groups is 1. The lowest BCUT2D eigenvalue weighted by atomic mass is 9.97. The van der Waals surface area contributed by atoms with Gasteiger partial charge in [-0.05, 0) is 24.7 Å². The molecule has 1 aliphatic carbocycles. The molecule has 3 N–H and O–H groups in total. The zero-order valence-electron chi connectivity index (χ0n) is 9.42. The van der Waals surface area contributed by atoms with Gasteiger partial charge in [0.05, 0.1) is 0 Å². The Bertz CT molecular complexity index is 199. The van der Waals surface area contributed by atoms with E-state index in [4.69, 9.17) is 5.73 Å². The molecule has 2 unspecified atom stereocenters. The summed E-state index contributed by atoms with van der Waals surface area (Å²) >= 11 is 0. The van der Waals surface area contributed by atoms with Crippen LogP contribution in [0.1, 0.15) is 33.6 Å². The van der Waals surface area contributed by atoms with Crippen LogP contribution in [0.4, 0.5) is 0 Å². The lowest BCUT2D eigenvalue weighted by molar-refractivity contribution is -0.125. The molecule has 3 heteroatoms. The minimum Gasteiger partial charge on any atom is -0.354 e. The fraction of sp³-hybridized carbons (Fsp3) is 0.909. The van der Waals surface area contributed by atoms with Gasteiger partial charge >= 0.3 is 0 Å². The van der Waals surface area contributed by atoms with Crippen molar-refractivity contribution in [3.8, 4) is 0 Å². The monoisotopic (exact) mass is 198 g/mol. The summed E-state index contributed by atoms with van der Waals surface area (Å²) in [6.07, 6.45) is 2.47. The summed E-state index contributed by atoms with van der Waals surface area (Å²) in [6, 6.07) is 0.165. The third kappa shape index (κ3) is 3.29. The van der Waals surface area contributed by atoms with Gasteiger partial charge in [0.2, 0.25) is 5.91 Å². The van der Waals surface area contributed by atoms with Crippen molar-refractivity contribution in [1.82, 2.24) is 5.32 Å². The molecule has 1 rings (SSSR count). The molecule has 14 heavy (non-hydrogen) atoms. The highest BCUT2D eigenvalue weighted by molar-refractivity contribution is 5.78. The fourth-order valence-electron chi connectivity index (χ4n) is 1.37. The van der Waals surface area contributed by atoms with Crippen LogP contribution in [0.2, 0.25) is 0 Å². The summed E-state index contributed by atoms with van der Waals surface area (Å²) in [5.41, 5.74) is 5.89. The van der Waals surface area contributed by atoms with Crippen LogP contribution in [0, 0.1) is 17.8 Å². The molecule has 0 aromatic rings. The Balaban J connectivity index is 2.19. The van der Waals surface area contributed by atoms with Gasteiger partial charge in [0, 0.05) is 18.5 Å².